The van der Waals surface area contributed by atoms with Crippen LogP contribution in [0.3, 0.4) is 0 Å². The van der Waals surface area contributed by atoms with Crippen molar-refractivity contribution in [1.29, 1.82) is 0 Å². The monoisotopic (exact) mass is 377 g/mol. The van der Waals surface area contributed by atoms with E-state index in [0.29, 0.717) is 5.75 Å². The van der Waals surface area contributed by atoms with Crippen molar-refractivity contribution >= 4 is 38.6 Å². The Morgan fingerprint density at radius 3 is 2.67 bits per heavy atom. The van der Waals surface area contributed by atoms with Crippen LogP contribution in [0.4, 0.5) is 0 Å². The molecule has 0 aliphatic heterocycles. The second-order valence-corrected chi connectivity index (χ2v) is 6.66. The van der Waals surface area contributed by atoms with Gasteiger partial charge in [-0.1, -0.05) is 15.9 Å². The molecule has 1 aromatic carbocycles. The molecule has 1 aromatic rings. The number of methoxy groups -OCH3 is 1. The highest BCUT2D eigenvalue weighted by Crippen LogP contribution is 2.23. The topological polar surface area (TPSA) is 92.7 Å². The lowest BCUT2D eigenvalue weighted by Gasteiger charge is -2.13. The number of benzene rings is 1. The van der Waals surface area contributed by atoms with E-state index in [1.165, 1.54) is 14.0 Å². The molecule has 0 aliphatic carbocycles. The molecule has 21 heavy (non-hydrogen) atoms. The second kappa shape index (κ2) is 8.14. The number of carbonyl (C=O) groups excluding carboxylic acids is 1. The molecule has 0 spiro atoms. The van der Waals surface area contributed by atoms with Gasteiger partial charge in [-0.2, -0.15) is 0 Å². The fraction of sp³-hybridized carbons (Fsp3) is 0.385. The highest BCUT2D eigenvalue weighted by atomic mass is 79.9. The van der Waals surface area contributed by atoms with E-state index in [4.69, 9.17) is 9.84 Å². The number of nitrogens with one attached hydrogen (secondary N) is 1. The summed E-state index contributed by atoms with van der Waals surface area (Å²) in [6, 6.07) is 4.10. The van der Waals surface area contributed by atoms with Crippen molar-refractivity contribution in [3.8, 4) is 5.75 Å². The van der Waals surface area contributed by atoms with Crippen LogP contribution in [0.1, 0.15) is 12.5 Å². The Kier molecular flexibility index (Phi) is 6.83. The van der Waals surface area contributed by atoms with Gasteiger partial charge in [0, 0.05) is 27.9 Å². The first-order valence-electron chi connectivity index (χ1n) is 6.00. The molecule has 8 heteroatoms. The van der Waals surface area contributed by atoms with E-state index in [0.717, 1.165) is 10.0 Å². The van der Waals surface area contributed by atoms with Gasteiger partial charge in [-0.3, -0.25) is 9.00 Å². The first-order chi connectivity index (χ1) is 9.83. The summed E-state index contributed by atoms with van der Waals surface area (Å²) < 4.78 is 18.0. The molecule has 0 fully saturated rings. The van der Waals surface area contributed by atoms with Crippen LogP contribution in [0.25, 0.3) is 0 Å². The van der Waals surface area contributed by atoms with Crippen molar-refractivity contribution in [2.24, 2.45) is 0 Å². The summed E-state index contributed by atoms with van der Waals surface area (Å²) in [5, 5.41) is 11.3. The lowest BCUT2D eigenvalue weighted by atomic mass is 10.2. The van der Waals surface area contributed by atoms with Gasteiger partial charge < -0.3 is 15.2 Å². The number of ether oxygens (including phenoxy) is 1. The minimum atomic E-state index is -1.44. The predicted octanol–water partition coefficient (Wildman–Crippen LogP) is 1.30. The van der Waals surface area contributed by atoms with Gasteiger partial charge in [0.05, 0.1) is 12.9 Å². The third-order valence-electron chi connectivity index (χ3n) is 2.60. The average Bonchev–Trinajstić information content (AvgIpc) is 2.39. The van der Waals surface area contributed by atoms with E-state index in [9.17, 15) is 13.8 Å². The van der Waals surface area contributed by atoms with Crippen LogP contribution < -0.4 is 10.1 Å². The van der Waals surface area contributed by atoms with Gasteiger partial charge in [0.1, 0.15) is 11.8 Å². The molecule has 1 rings (SSSR count). The Balaban J connectivity index is 2.76. The summed E-state index contributed by atoms with van der Waals surface area (Å²) in [5.41, 5.74) is 0.750. The molecule has 116 valence electrons. The minimum absolute atomic E-state index is 0.154. The van der Waals surface area contributed by atoms with Crippen molar-refractivity contribution in [3.05, 3.63) is 28.2 Å². The Morgan fingerprint density at radius 2 is 2.14 bits per heavy atom. The quantitative estimate of drug-likeness (QED) is 0.746. The van der Waals surface area contributed by atoms with Crippen LogP contribution in [0.2, 0.25) is 0 Å². The highest BCUT2D eigenvalue weighted by molar-refractivity contribution is 9.10. The van der Waals surface area contributed by atoms with Gasteiger partial charge in [0.15, 0.2) is 0 Å². The van der Waals surface area contributed by atoms with Crippen LogP contribution in [-0.4, -0.2) is 40.1 Å². The zero-order valence-electron chi connectivity index (χ0n) is 11.6. The molecule has 0 saturated heterocycles. The molecule has 2 N–H and O–H groups in total. The zero-order chi connectivity index (χ0) is 16.0. The molecule has 0 aromatic heterocycles. The molecular formula is C13H16BrNO5S. The third kappa shape index (κ3) is 5.84. The summed E-state index contributed by atoms with van der Waals surface area (Å²) in [7, 11) is 0.0893. The number of rotatable bonds is 7. The van der Waals surface area contributed by atoms with Gasteiger partial charge in [-0.15, -0.1) is 0 Å². The molecular weight excluding hydrogens is 362 g/mol. The molecule has 0 heterocycles. The number of carbonyl (C=O) groups is 2. The maximum Gasteiger partial charge on any atom is 0.327 e. The lowest BCUT2D eigenvalue weighted by molar-refractivity contribution is -0.140. The lowest BCUT2D eigenvalue weighted by Crippen LogP contribution is -2.43. The van der Waals surface area contributed by atoms with Gasteiger partial charge in [0.2, 0.25) is 5.91 Å². The summed E-state index contributed by atoms with van der Waals surface area (Å²) in [4.78, 5) is 22.0. The summed E-state index contributed by atoms with van der Waals surface area (Å²) in [6.45, 7) is 1.22. The van der Waals surface area contributed by atoms with E-state index in [1.54, 1.807) is 18.2 Å². The van der Waals surface area contributed by atoms with Gasteiger partial charge in [-0.05, 0) is 23.8 Å². The Hall–Kier alpha value is -1.41. The molecule has 0 radical (unpaired) electrons. The highest BCUT2D eigenvalue weighted by Gasteiger charge is 2.21. The van der Waals surface area contributed by atoms with E-state index < -0.39 is 28.7 Å². The van der Waals surface area contributed by atoms with E-state index >= 15 is 0 Å². The van der Waals surface area contributed by atoms with Crippen molar-refractivity contribution in [3.63, 3.8) is 0 Å². The summed E-state index contributed by atoms with van der Waals surface area (Å²) in [5.74, 6) is -1.04. The van der Waals surface area contributed by atoms with E-state index in [-0.39, 0.29) is 11.5 Å². The molecule has 0 aliphatic rings. The Labute approximate surface area is 133 Å². The summed E-state index contributed by atoms with van der Waals surface area (Å²) >= 11 is 3.35. The normalized spacial score (nSPS) is 13.3. The summed E-state index contributed by atoms with van der Waals surface area (Å²) in [6.07, 6.45) is 0. The van der Waals surface area contributed by atoms with Gasteiger partial charge in [0.25, 0.3) is 0 Å². The Bertz CT molecular complexity index is 563. The maximum atomic E-state index is 12.1. The molecule has 1 amide bonds. The van der Waals surface area contributed by atoms with E-state index in [2.05, 4.69) is 21.2 Å². The second-order valence-electron chi connectivity index (χ2n) is 4.30. The van der Waals surface area contributed by atoms with Crippen LogP contribution in [0.15, 0.2) is 22.7 Å². The largest absolute Gasteiger partial charge is 0.497 e. The molecule has 0 bridgehead atoms. The average molecular weight is 378 g/mol. The van der Waals surface area contributed by atoms with Crippen LogP contribution in [0, 0.1) is 0 Å². The van der Waals surface area contributed by atoms with E-state index in [1.807, 2.05) is 0 Å². The number of hydrogen-bond acceptors (Lipinski definition) is 4. The van der Waals surface area contributed by atoms with Gasteiger partial charge >= 0.3 is 5.97 Å². The first kappa shape index (κ1) is 17.6. The molecule has 2 atom stereocenters. The third-order valence-corrected chi connectivity index (χ3v) is 4.71. The molecule has 1 unspecified atom stereocenters. The number of aliphatic carboxylic acids is 1. The maximum absolute atomic E-state index is 12.1. The number of halogens is 1. The van der Waals surface area contributed by atoms with Crippen LogP contribution in [-0.2, 0) is 26.1 Å². The SMILES string of the molecule is COc1ccc(Br)c(CS(=O)C[C@H](NC(C)=O)C(=O)O)c1. The van der Waals surface area contributed by atoms with Crippen molar-refractivity contribution in [2.75, 3.05) is 12.9 Å². The van der Waals surface area contributed by atoms with Crippen molar-refractivity contribution in [2.45, 2.75) is 18.7 Å². The smallest absolute Gasteiger partial charge is 0.327 e. The molecule has 0 saturated carbocycles. The standard InChI is InChI=1S/C13H16BrNO5S/c1-8(16)15-12(13(17)18)7-21(19)6-9-5-10(20-2)3-4-11(9)14/h3-5,12H,6-7H2,1-2H3,(H,15,16)(H,17,18)/t12-,21?/m0/s1. The Morgan fingerprint density at radius 1 is 1.48 bits per heavy atom. The van der Waals surface area contributed by atoms with Crippen LogP contribution in [0.5, 0.6) is 5.75 Å². The predicted molar refractivity (Wildman–Crippen MR) is 82.6 cm³/mol. The first-order valence-corrected chi connectivity index (χ1v) is 8.29. The fourth-order valence-electron chi connectivity index (χ4n) is 1.63. The number of carboxylic acid groups (broad SMARTS) is 1. The van der Waals surface area contributed by atoms with Gasteiger partial charge in [-0.25, -0.2) is 4.79 Å². The van der Waals surface area contributed by atoms with Crippen LogP contribution >= 0.6 is 15.9 Å². The number of hydrogen-bond donors (Lipinski definition) is 2. The number of amides is 1. The van der Waals surface area contributed by atoms with Crippen molar-refractivity contribution in [1.82, 2.24) is 5.32 Å². The number of carboxylic acids is 1. The zero-order valence-corrected chi connectivity index (χ0v) is 14.0. The molecule has 6 nitrogen and oxygen atoms in total. The minimum Gasteiger partial charge on any atom is -0.497 e. The van der Waals surface area contributed by atoms with Crippen molar-refractivity contribution < 1.29 is 23.6 Å². The fourth-order valence-corrected chi connectivity index (χ4v) is 3.50.